The summed E-state index contributed by atoms with van der Waals surface area (Å²) in [5.74, 6) is 5.26. The van der Waals surface area contributed by atoms with E-state index in [1.807, 2.05) is 20.8 Å². The smallest absolute Gasteiger partial charge is 0.103 e. The van der Waals surface area contributed by atoms with E-state index < -0.39 is 12.3 Å². The lowest BCUT2D eigenvalue weighted by atomic mass is 9.61. The molecule has 0 saturated heterocycles. The normalized spacial score (nSPS) is 49.1. The first-order valence-electron chi connectivity index (χ1n) is 14.2. The molecule has 0 aromatic carbocycles. The Hall–Kier alpha value is -0.140. The molecular formula is C29H52F2. The summed E-state index contributed by atoms with van der Waals surface area (Å²) in [6.45, 7) is 10.6. The molecule has 182 valence electrons. The van der Waals surface area contributed by atoms with Crippen LogP contribution < -0.4 is 0 Å². The maximum atomic E-state index is 15.3. The fourth-order valence-electron chi connectivity index (χ4n) is 7.97. The Morgan fingerprint density at radius 1 is 0.484 bits per heavy atom. The van der Waals surface area contributed by atoms with Crippen molar-refractivity contribution in [3.63, 3.8) is 0 Å². The number of halogens is 2. The number of rotatable bonds is 3. The van der Waals surface area contributed by atoms with Gasteiger partial charge in [-0.15, -0.1) is 0 Å². The van der Waals surface area contributed by atoms with Gasteiger partial charge in [0.05, 0.1) is 0 Å². The Balaban J connectivity index is 0.00000132. The van der Waals surface area contributed by atoms with E-state index in [0.29, 0.717) is 18.3 Å². The van der Waals surface area contributed by atoms with Crippen LogP contribution in [-0.2, 0) is 0 Å². The second-order valence-corrected chi connectivity index (χ2v) is 12.0. The molecule has 0 heterocycles. The Bertz CT molecular complexity index is 491. The molecule has 7 atom stereocenters. The van der Waals surface area contributed by atoms with E-state index in [1.165, 1.54) is 57.8 Å². The van der Waals surface area contributed by atoms with E-state index in [0.717, 1.165) is 42.9 Å². The van der Waals surface area contributed by atoms with Gasteiger partial charge in [-0.2, -0.15) is 0 Å². The van der Waals surface area contributed by atoms with Crippen molar-refractivity contribution >= 4 is 0 Å². The van der Waals surface area contributed by atoms with Crippen LogP contribution in [0.1, 0.15) is 118 Å². The summed E-state index contributed by atoms with van der Waals surface area (Å²) in [6.07, 6.45) is 14.6. The minimum atomic E-state index is -0.716. The van der Waals surface area contributed by atoms with Crippen LogP contribution in [0.5, 0.6) is 0 Å². The molecule has 0 aliphatic heterocycles. The van der Waals surface area contributed by atoms with Crippen molar-refractivity contribution in [3.05, 3.63) is 0 Å². The lowest BCUT2D eigenvalue weighted by Gasteiger charge is -2.45. The summed E-state index contributed by atoms with van der Waals surface area (Å²) in [5.41, 5.74) is 0. The van der Waals surface area contributed by atoms with Crippen LogP contribution in [0.3, 0.4) is 0 Å². The minimum Gasteiger partial charge on any atom is -0.247 e. The molecule has 0 amide bonds. The highest BCUT2D eigenvalue weighted by Crippen LogP contribution is 2.49. The van der Waals surface area contributed by atoms with E-state index in [2.05, 4.69) is 13.8 Å². The van der Waals surface area contributed by atoms with E-state index in [4.69, 9.17) is 0 Å². The monoisotopic (exact) mass is 438 g/mol. The molecule has 0 aromatic heterocycles. The molecule has 0 bridgehead atoms. The van der Waals surface area contributed by atoms with Crippen molar-refractivity contribution in [2.24, 2.45) is 53.3 Å². The first-order valence-corrected chi connectivity index (χ1v) is 14.2. The van der Waals surface area contributed by atoms with Crippen molar-refractivity contribution in [3.8, 4) is 0 Å². The van der Waals surface area contributed by atoms with Gasteiger partial charge in [0.2, 0.25) is 0 Å². The van der Waals surface area contributed by atoms with Gasteiger partial charge in [-0.1, -0.05) is 47.5 Å². The highest BCUT2D eigenvalue weighted by molar-refractivity contribution is 4.93. The maximum Gasteiger partial charge on any atom is 0.103 e. The Kier molecular flexibility index (Phi) is 9.72. The molecule has 0 nitrogen and oxygen atoms in total. The molecule has 4 aliphatic carbocycles. The zero-order valence-electron chi connectivity index (χ0n) is 21.3. The summed E-state index contributed by atoms with van der Waals surface area (Å²) in [6, 6.07) is 0. The van der Waals surface area contributed by atoms with E-state index in [-0.39, 0.29) is 17.8 Å². The number of alkyl halides is 2. The van der Waals surface area contributed by atoms with Gasteiger partial charge < -0.3 is 0 Å². The van der Waals surface area contributed by atoms with Crippen molar-refractivity contribution in [1.29, 1.82) is 0 Å². The molecular weight excluding hydrogens is 386 g/mol. The van der Waals surface area contributed by atoms with Crippen LogP contribution in [0, 0.1) is 53.3 Å². The van der Waals surface area contributed by atoms with Gasteiger partial charge in [-0.3, -0.25) is 0 Å². The highest BCUT2D eigenvalue weighted by atomic mass is 19.1. The van der Waals surface area contributed by atoms with E-state index >= 15 is 4.39 Å². The van der Waals surface area contributed by atoms with Crippen LogP contribution >= 0.6 is 0 Å². The quantitative estimate of drug-likeness (QED) is 0.411. The summed E-state index contributed by atoms with van der Waals surface area (Å²) < 4.78 is 29.7. The van der Waals surface area contributed by atoms with Crippen molar-refractivity contribution < 1.29 is 8.78 Å². The van der Waals surface area contributed by atoms with Gasteiger partial charge in [0, 0.05) is 0 Å². The molecule has 0 spiro atoms. The molecule has 2 heteroatoms. The first kappa shape index (κ1) is 25.5. The van der Waals surface area contributed by atoms with E-state index in [9.17, 15) is 4.39 Å². The minimum absolute atomic E-state index is 0.139. The SMILES string of the molecule is CC.CC1CCC(C2CCC(C3CCC(C4CC(C)C(C)C(F)C4)C(F)C3)CC2)CC1. The van der Waals surface area contributed by atoms with Gasteiger partial charge in [0.15, 0.2) is 0 Å². The van der Waals surface area contributed by atoms with E-state index in [1.54, 1.807) is 0 Å². The first-order chi connectivity index (χ1) is 14.9. The van der Waals surface area contributed by atoms with Crippen LogP contribution in [0.2, 0.25) is 0 Å². The second-order valence-electron chi connectivity index (χ2n) is 12.0. The molecule has 7 unspecified atom stereocenters. The van der Waals surface area contributed by atoms with Crippen LogP contribution in [0.4, 0.5) is 8.78 Å². The fraction of sp³-hybridized carbons (Fsp3) is 1.00. The zero-order chi connectivity index (χ0) is 22.5. The Morgan fingerprint density at radius 3 is 1.45 bits per heavy atom. The van der Waals surface area contributed by atoms with Crippen LogP contribution in [-0.4, -0.2) is 12.3 Å². The predicted octanol–water partition coefficient (Wildman–Crippen LogP) is 9.42. The summed E-state index contributed by atoms with van der Waals surface area (Å²) >= 11 is 0. The van der Waals surface area contributed by atoms with Gasteiger partial charge >= 0.3 is 0 Å². The molecule has 0 radical (unpaired) electrons. The third-order valence-corrected chi connectivity index (χ3v) is 10.3. The Labute approximate surface area is 192 Å². The molecule has 4 saturated carbocycles. The Morgan fingerprint density at radius 2 is 0.935 bits per heavy atom. The zero-order valence-corrected chi connectivity index (χ0v) is 21.3. The lowest BCUT2D eigenvalue weighted by molar-refractivity contribution is -0.00193. The molecule has 31 heavy (non-hydrogen) atoms. The van der Waals surface area contributed by atoms with Gasteiger partial charge in [-0.05, 0) is 124 Å². The van der Waals surface area contributed by atoms with Crippen LogP contribution in [0.25, 0.3) is 0 Å². The molecule has 4 rings (SSSR count). The standard InChI is InChI=1S/C27H46F2.C2H6/c1-17-4-6-20(7-5-17)21-8-10-22(11-9-21)23-12-13-25(27(29)15-23)24-14-18(2)19(3)26(28)16-24;1-2/h17-27H,4-16H2,1-3H3;1-2H3. The maximum absolute atomic E-state index is 15.3. The summed E-state index contributed by atoms with van der Waals surface area (Å²) in [4.78, 5) is 0. The molecule has 0 N–H and O–H groups in total. The second kappa shape index (κ2) is 11.8. The molecule has 4 aliphatic rings. The molecule has 0 aromatic rings. The van der Waals surface area contributed by atoms with Crippen molar-refractivity contribution in [2.75, 3.05) is 0 Å². The number of hydrogen-bond acceptors (Lipinski definition) is 0. The van der Waals surface area contributed by atoms with Crippen molar-refractivity contribution in [1.82, 2.24) is 0 Å². The van der Waals surface area contributed by atoms with Gasteiger partial charge in [0.25, 0.3) is 0 Å². The third-order valence-electron chi connectivity index (χ3n) is 10.3. The topological polar surface area (TPSA) is 0 Å². The largest absolute Gasteiger partial charge is 0.247 e. The van der Waals surface area contributed by atoms with Crippen molar-refractivity contribution in [2.45, 2.75) is 130 Å². The average molecular weight is 439 g/mol. The van der Waals surface area contributed by atoms with Crippen LogP contribution in [0.15, 0.2) is 0 Å². The van der Waals surface area contributed by atoms with Gasteiger partial charge in [0.1, 0.15) is 12.3 Å². The lowest BCUT2D eigenvalue weighted by Crippen LogP contribution is -2.40. The van der Waals surface area contributed by atoms with Gasteiger partial charge in [-0.25, -0.2) is 8.78 Å². The highest BCUT2D eigenvalue weighted by Gasteiger charge is 2.43. The summed E-state index contributed by atoms with van der Waals surface area (Å²) in [7, 11) is 0. The third kappa shape index (κ3) is 6.26. The average Bonchev–Trinajstić information content (AvgIpc) is 2.79. The summed E-state index contributed by atoms with van der Waals surface area (Å²) in [5, 5.41) is 0. The fourth-order valence-corrected chi connectivity index (χ4v) is 7.97. The predicted molar refractivity (Wildman–Crippen MR) is 130 cm³/mol. The molecule has 4 fully saturated rings. The number of hydrogen-bond donors (Lipinski definition) is 0.